The van der Waals surface area contributed by atoms with Gasteiger partial charge >= 0.3 is 0 Å². The number of anilines is 1. The zero-order chi connectivity index (χ0) is 7.56. The van der Waals surface area contributed by atoms with E-state index < -0.39 is 0 Å². The average molecular weight is 201 g/mol. The van der Waals surface area contributed by atoms with Crippen molar-refractivity contribution in [3.8, 4) is 0 Å². The highest BCUT2D eigenvalue weighted by Gasteiger charge is 2.03. The number of hydrogen-bond acceptors (Lipinski definition) is 2. The van der Waals surface area contributed by atoms with Crippen LogP contribution in [-0.4, -0.2) is 4.98 Å². The third kappa shape index (κ3) is 1.48. The molecule has 0 saturated heterocycles. The van der Waals surface area contributed by atoms with E-state index in [4.69, 9.17) is 5.73 Å². The van der Waals surface area contributed by atoms with E-state index in [1.165, 1.54) is 0 Å². The number of halogens is 1. The summed E-state index contributed by atoms with van der Waals surface area (Å²) in [5, 5.41) is 0. The summed E-state index contributed by atoms with van der Waals surface area (Å²) in [6.07, 6.45) is 1.69. The summed E-state index contributed by atoms with van der Waals surface area (Å²) in [6, 6.07) is 3.84. The maximum Gasteiger partial charge on any atom is 0.127 e. The molecule has 0 spiro atoms. The molecule has 0 saturated carbocycles. The van der Waals surface area contributed by atoms with Gasteiger partial charge in [0.2, 0.25) is 0 Å². The molecule has 0 aliphatic heterocycles. The minimum Gasteiger partial charge on any atom is -0.383 e. The van der Waals surface area contributed by atoms with Crippen LogP contribution in [0.15, 0.2) is 18.3 Å². The molecule has 0 aliphatic carbocycles. The molecule has 10 heavy (non-hydrogen) atoms. The third-order valence-electron chi connectivity index (χ3n) is 1.30. The van der Waals surface area contributed by atoms with Crippen molar-refractivity contribution < 1.29 is 0 Å². The van der Waals surface area contributed by atoms with Gasteiger partial charge in [0.15, 0.2) is 0 Å². The van der Waals surface area contributed by atoms with E-state index in [-0.39, 0.29) is 4.83 Å². The molecule has 54 valence electrons. The molecular weight excluding hydrogens is 192 g/mol. The van der Waals surface area contributed by atoms with Crippen molar-refractivity contribution >= 4 is 21.7 Å². The van der Waals surface area contributed by atoms with Crippen LogP contribution in [0.4, 0.5) is 5.82 Å². The molecule has 0 aromatic carbocycles. The van der Waals surface area contributed by atoms with Gasteiger partial charge in [-0.1, -0.05) is 22.0 Å². The molecule has 1 aromatic rings. The van der Waals surface area contributed by atoms with E-state index in [0.29, 0.717) is 5.82 Å². The van der Waals surface area contributed by atoms with Crippen LogP contribution in [0.1, 0.15) is 17.3 Å². The number of alkyl halides is 1. The van der Waals surface area contributed by atoms with Gasteiger partial charge in [-0.25, -0.2) is 4.98 Å². The zero-order valence-electron chi connectivity index (χ0n) is 5.71. The van der Waals surface area contributed by atoms with Crippen LogP contribution in [0, 0.1) is 0 Å². The van der Waals surface area contributed by atoms with Crippen LogP contribution in [0.2, 0.25) is 0 Å². The lowest BCUT2D eigenvalue weighted by molar-refractivity contribution is 1.10. The first-order valence-corrected chi connectivity index (χ1v) is 3.98. The molecule has 1 aromatic heterocycles. The molecule has 0 bridgehead atoms. The van der Waals surface area contributed by atoms with Gasteiger partial charge < -0.3 is 5.73 Å². The summed E-state index contributed by atoms with van der Waals surface area (Å²) in [5.74, 6) is 0.604. The van der Waals surface area contributed by atoms with Crippen molar-refractivity contribution in [2.75, 3.05) is 5.73 Å². The Balaban J connectivity index is 3.03. The van der Waals surface area contributed by atoms with Crippen LogP contribution >= 0.6 is 15.9 Å². The van der Waals surface area contributed by atoms with E-state index in [0.717, 1.165) is 5.56 Å². The Morgan fingerprint density at radius 2 is 2.40 bits per heavy atom. The van der Waals surface area contributed by atoms with Gasteiger partial charge in [0, 0.05) is 16.6 Å². The Morgan fingerprint density at radius 1 is 1.70 bits per heavy atom. The maximum absolute atomic E-state index is 5.58. The molecule has 0 fully saturated rings. The molecule has 0 radical (unpaired) electrons. The predicted octanol–water partition coefficient (Wildman–Crippen LogP) is 2.12. The minimum atomic E-state index is 0.279. The predicted molar refractivity (Wildman–Crippen MR) is 46.0 cm³/mol. The second-order valence-corrected chi connectivity index (χ2v) is 3.47. The summed E-state index contributed by atoms with van der Waals surface area (Å²) >= 11 is 3.41. The largest absolute Gasteiger partial charge is 0.383 e. The average Bonchev–Trinajstić information content (AvgIpc) is 1.88. The fourth-order valence-corrected chi connectivity index (χ4v) is 1.15. The Bertz CT molecular complexity index is 223. The van der Waals surface area contributed by atoms with E-state index in [2.05, 4.69) is 20.9 Å². The summed E-state index contributed by atoms with van der Waals surface area (Å²) < 4.78 is 0. The number of nitrogen functional groups attached to an aromatic ring is 1. The molecule has 2 nitrogen and oxygen atoms in total. The van der Waals surface area contributed by atoms with E-state index in [1.807, 2.05) is 19.1 Å². The fraction of sp³-hybridized carbons (Fsp3) is 0.286. The SMILES string of the molecule is C[C@H](Br)c1cccnc1N. The van der Waals surface area contributed by atoms with E-state index in [1.54, 1.807) is 6.20 Å². The molecule has 0 unspecified atom stereocenters. The molecule has 1 heterocycles. The lowest BCUT2D eigenvalue weighted by Crippen LogP contribution is -1.96. The minimum absolute atomic E-state index is 0.279. The number of hydrogen-bond donors (Lipinski definition) is 1. The number of nitrogens with zero attached hydrogens (tertiary/aromatic N) is 1. The number of rotatable bonds is 1. The molecule has 1 atom stereocenters. The normalized spacial score (nSPS) is 13.0. The van der Waals surface area contributed by atoms with Gasteiger partial charge in [0.1, 0.15) is 5.82 Å². The molecule has 2 N–H and O–H groups in total. The quantitative estimate of drug-likeness (QED) is 0.706. The topological polar surface area (TPSA) is 38.9 Å². The first-order valence-electron chi connectivity index (χ1n) is 3.06. The van der Waals surface area contributed by atoms with Gasteiger partial charge in [-0.2, -0.15) is 0 Å². The molecule has 1 rings (SSSR count). The van der Waals surface area contributed by atoms with Crippen molar-refractivity contribution in [2.45, 2.75) is 11.8 Å². The monoisotopic (exact) mass is 200 g/mol. The molecule has 3 heteroatoms. The van der Waals surface area contributed by atoms with E-state index >= 15 is 0 Å². The molecular formula is C7H9BrN2. The highest BCUT2D eigenvalue weighted by molar-refractivity contribution is 9.09. The maximum atomic E-state index is 5.58. The van der Waals surface area contributed by atoms with Gasteiger partial charge in [0.05, 0.1) is 0 Å². The lowest BCUT2D eigenvalue weighted by Gasteiger charge is -2.04. The van der Waals surface area contributed by atoms with Gasteiger partial charge in [0.25, 0.3) is 0 Å². The third-order valence-corrected chi connectivity index (χ3v) is 1.79. The zero-order valence-corrected chi connectivity index (χ0v) is 7.30. The Kier molecular flexibility index (Phi) is 2.27. The van der Waals surface area contributed by atoms with Gasteiger partial charge in [-0.3, -0.25) is 0 Å². The summed E-state index contributed by atoms with van der Waals surface area (Å²) in [6.45, 7) is 2.02. The Hall–Kier alpha value is -0.570. The standard InChI is InChI=1S/C7H9BrN2/c1-5(8)6-3-2-4-10-7(6)9/h2-5H,1H3,(H2,9,10)/t5-/m0/s1. The smallest absolute Gasteiger partial charge is 0.127 e. The van der Waals surface area contributed by atoms with Crippen molar-refractivity contribution in [3.05, 3.63) is 23.9 Å². The summed E-state index contributed by atoms with van der Waals surface area (Å²) in [4.78, 5) is 4.23. The van der Waals surface area contributed by atoms with E-state index in [9.17, 15) is 0 Å². The van der Waals surface area contributed by atoms with Crippen LogP contribution < -0.4 is 5.73 Å². The van der Waals surface area contributed by atoms with Crippen molar-refractivity contribution in [1.29, 1.82) is 0 Å². The first-order chi connectivity index (χ1) is 4.72. The molecule has 0 aliphatic rings. The summed E-state index contributed by atoms with van der Waals surface area (Å²) in [5.41, 5.74) is 6.62. The van der Waals surface area contributed by atoms with Crippen molar-refractivity contribution in [2.24, 2.45) is 0 Å². The van der Waals surface area contributed by atoms with Crippen molar-refractivity contribution in [1.82, 2.24) is 4.98 Å². The fourth-order valence-electron chi connectivity index (χ4n) is 0.766. The summed E-state index contributed by atoms with van der Waals surface area (Å²) in [7, 11) is 0. The number of pyridine rings is 1. The second-order valence-electron chi connectivity index (χ2n) is 2.09. The van der Waals surface area contributed by atoms with Gasteiger partial charge in [-0.15, -0.1) is 0 Å². The van der Waals surface area contributed by atoms with Crippen LogP contribution in [0.25, 0.3) is 0 Å². The van der Waals surface area contributed by atoms with Crippen molar-refractivity contribution in [3.63, 3.8) is 0 Å². The van der Waals surface area contributed by atoms with Gasteiger partial charge in [-0.05, 0) is 13.0 Å². The first kappa shape index (κ1) is 7.54. The van der Waals surface area contributed by atoms with Crippen LogP contribution in [-0.2, 0) is 0 Å². The number of nitrogens with two attached hydrogens (primary N) is 1. The van der Waals surface area contributed by atoms with Crippen LogP contribution in [0.3, 0.4) is 0 Å². The number of aromatic nitrogens is 1. The Labute approximate surface area is 68.6 Å². The highest BCUT2D eigenvalue weighted by Crippen LogP contribution is 2.24. The second kappa shape index (κ2) is 3.01. The Morgan fingerprint density at radius 3 is 2.80 bits per heavy atom. The lowest BCUT2D eigenvalue weighted by atomic mass is 10.2. The highest BCUT2D eigenvalue weighted by atomic mass is 79.9. The molecule has 0 amide bonds. The van der Waals surface area contributed by atoms with Crippen LogP contribution in [0.5, 0.6) is 0 Å².